The smallest absolute Gasteiger partial charge is 0.762 e. The van der Waals surface area contributed by atoms with Crippen LogP contribution in [0.3, 0.4) is 0 Å². The van der Waals surface area contributed by atoms with E-state index in [4.69, 9.17) is 0 Å². The van der Waals surface area contributed by atoms with Crippen molar-refractivity contribution in [2.75, 3.05) is 18.0 Å². The van der Waals surface area contributed by atoms with E-state index in [1.165, 1.54) is 81.1 Å². The maximum atomic E-state index is 9.67. The highest BCUT2D eigenvalue weighted by atomic mass is 19.4. The Morgan fingerprint density at radius 1 is 0.739 bits per heavy atom. The molecule has 0 radical (unpaired) electrons. The van der Waals surface area contributed by atoms with Crippen molar-refractivity contribution in [3.63, 3.8) is 0 Å². The average Bonchev–Trinajstić information content (AvgIpc) is 3.37. The molecule has 6 rings (SSSR count). The number of halogens is 4. The summed E-state index contributed by atoms with van der Waals surface area (Å²) < 4.78 is 31.6. The third kappa shape index (κ3) is 6.38. The van der Waals surface area contributed by atoms with Gasteiger partial charge in [0, 0.05) is 47.5 Å². The van der Waals surface area contributed by atoms with Gasteiger partial charge >= 0.3 is 7.54 Å². The number of allylic oxidation sites excluding steroid dienone is 4. The fourth-order valence-electron chi connectivity index (χ4n) is 7.42. The van der Waals surface area contributed by atoms with E-state index in [0.717, 1.165) is 13.1 Å². The van der Waals surface area contributed by atoms with Crippen LogP contribution in [0.2, 0.25) is 0 Å². The highest BCUT2D eigenvalue weighted by Crippen LogP contribution is 2.51. The molecule has 0 aliphatic carbocycles. The minimum Gasteiger partial charge on any atom is -1.00 e. The number of nitrogens with zero attached hydrogens (tertiary/aromatic N) is 2. The van der Waals surface area contributed by atoms with Gasteiger partial charge in [-0.3, -0.25) is 12.9 Å². The Hall–Kier alpha value is -3.87. The number of fused-ring (bicyclic) bond motifs is 6. The number of hydrogen-bond donors (Lipinski definition) is 0. The molecule has 242 valence electrons. The van der Waals surface area contributed by atoms with Gasteiger partial charge in [0.25, 0.3) is 0 Å². The van der Waals surface area contributed by atoms with Gasteiger partial charge in [0.1, 0.15) is 6.54 Å². The van der Waals surface area contributed by atoms with Gasteiger partial charge < -0.3 is 9.60 Å². The molecule has 0 amide bonds. The normalized spacial score (nSPS) is 16.9. The Bertz CT molecular complexity index is 1790. The highest BCUT2D eigenvalue weighted by molar-refractivity contribution is 6.33. The summed E-state index contributed by atoms with van der Waals surface area (Å²) in [6.07, 6.45) is 11.9. The molecular weight excluding hydrogens is 583 g/mol. The molecule has 4 aromatic rings. The van der Waals surface area contributed by atoms with Crippen molar-refractivity contribution in [1.82, 2.24) is 0 Å². The van der Waals surface area contributed by atoms with Gasteiger partial charge in [-0.1, -0.05) is 101 Å². The van der Waals surface area contributed by atoms with E-state index in [1.54, 1.807) is 0 Å². The molecule has 0 saturated heterocycles. The fraction of sp³-hybridized carbons (Fsp3) is 0.359. The van der Waals surface area contributed by atoms with Crippen LogP contribution in [0.1, 0.15) is 78.4 Å². The van der Waals surface area contributed by atoms with Crippen molar-refractivity contribution in [2.45, 2.75) is 78.1 Å². The first kappa shape index (κ1) is 35.0. The summed E-state index contributed by atoms with van der Waals surface area (Å²) in [4.78, 5) is 2.59. The third-order valence-corrected chi connectivity index (χ3v) is 9.49. The molecule has 46 heavy (non-hydrogen) atoms. The van der Waals surface area contributed by atoms with Gasteiger partial charge in [-0.2, -0.15) is 4.58 Å². The third-order valence-electron chi connectivity index (χ3n) is 9.49. The lowest BCUT2D eigenvalue weighted by molar-refractivity contribution is -0.438. The van der Waals surface area contributed by atoms with Gasteiger partial charge in [0.2, 0.25) is 5.69 Å². The molecule has 2 nitrogen and oxygen atoms in total. The Morgan fingerprint density at radius 2 is 1.30 bits per heavy atom. The molecule has 0 saturated carbocycles. The minimum absolute atomic E-state index is 0. The predicted molar refractivity (Wildman–Crippen MR) is 187 cm³/mol. The largest absolute Gasteiger partial charge is 1.00 e. The summed E-state index contributed by atoms with van der Waals surface area (Å²) in [5, 5.41) is 5.41. The first-order valence-corrected chi connectivity index (χ1v) is 16.3. The van der Waals surface area contributed by atoms with Crippen LogP contribution in [0, 0.1) is 0 Å². The number of rotatable bonds is 8. The van der Waals surface area contributed by atoms with Gasteiger partial charge in [-0.25, -0.2) is 0 Å². The Labute approximate surface area is 271 Å². The fourth-order valence-corrected chi connectivity index (χ4v) is 7.42. The second-order valence-electron chi connectivity index (χ2n) is 13.2. The maximum Gasteiger partial charge on any atom is 0.762 e. The van der Waals surface area contributed by atoms with E-state index in [2.05, 4.69) is 142 Å². The van der Waals surface area contributed by atoms with Gasteiger partial charge in [0.05, 0.1) is 5.41 Å². The van der Waals surface area contributed by atoms with Crippen LogP contribution < -0.4 is 9.60 Å². The SMILES string of the molecule is CCCCN1/C(=C\C=C\C2=[N+](CCCC)c3ccc4ccccc4c3C2(C)C)C(C)(C)c2c1ccc1ccccc21.FB(F)F.[F-]. The van der Waals surface area contributed by atoms with Crippen molar-refractivity contribution in [2.24, 2.45) is 0 Å². The molecule has 0 fully saturated rings. The summed E-state index contributed by atoms with van der Waals surface area (Å²) in [5.74, 6) is 0. The van der Waals surface area contributed by atoms with Crippen LogP contribution in [0.4, 0.5) is 24.3 Å². The van der Waals surface area contributed by atoms with Crippen molar-refractivity contribution < 1.29 is 22.2 Å². The standard InChI is InChI=1S/C39H45N2.BF3.FH/c1-7-9-26-40-32-24-22-28-16-11-13-18-30(28)36(32)38(3,4)34(40)20-15-21-35-39(5,6)37-31-19-14-12-17-29(31)23-25-33(37)41(35)27-10-8-2;2-1(3)4;/h11-25H,7-10,26-27H2,1-6H3;;1H/q+1;;/p-1. The summed E-state index contributed by atoms with van der Waals surface area (Å²) >= 11 is 0. The number of anilines is 1. The van der Waals surface area contributed by atoms with Crippen molar-refractivity contribution in [1.29, 1.82) is 0 Å². The average molecular weight is 629 g/mol. The number of benzene rings is 4. The van der Waals surface area contributed by atoms with E-state index >= 15 is 0 Å². The van der Waals surface area contributed by atoms with E-state index < -0.39 is 7.54 Å². The molecule has 0 atom stereocenters. The van der Waals surface area contributed by atoms with Crippen LogP contribution in [-0.4, -0.2) is 30.9 Å². The van der Waals surface area contributed by atoms with Crippen molar-refractivity contribution in [3.8, 4) is 0 Å². The highest BCUT2D eigenvalue weighted by Gasteiger charge is 2.45. The van der Waals surface area contributed by atoms with E-state index in [-0.39, 0.29) is 15.5 Å². The van der Waals surface area contributed by atoms with E-state index in [0.29, 0.717) is 0 Å². The molecule has 4 aromatic carbocycles. The molecule has 0 spiro atoms. The summed E-state index contributed by atoms with van der Waals surface area (Å²) in [6.45, 7) is 16.3. The molecule has 2 aliphatic rings. The van der Waals surface area contributed by atoms with Crippen LogP contribution in [-0.2, 0) is 10.8 Å². The topological polar surface area (TPSA) is 6.25 Å². The van der Waals surface area contributed by atoms with Crippen LogP contribution >= 0.6 is 0 Å². The molecule has 0 aromatic heterocycles. The van der Waals surface area contributed by atoms with Crippen LogP contribution in [0.15, 0.2) is 96.7 Å². The molecule has 0 bridgehead atoms. The number of hydrogen-bond acceptors (Lipinski definition) is 1. The monoisotopic (exact) mass is 628 g/mol. The maximum absolute atomic E-state index is 9.67. The second-order valence-corrected chi connectivity index (χ2v) is 13.2. The first-order valence-electron chi connectivity index (χ1n) is 16.3. The Morgan fingerprint density at radius 3 is 1.91 bits per heavy atom. The molecule has 7 heteroatoms. The molecular formula is C39H45BF4N2. The lowest BCUT2D eigenvalue weighted by atomic mass is 9.79. The Kier molecular flexibility index (Phi) is 10.9. The molecule has 0 N–H and O–H groups in total. The van der Waals surface area contributed by atoms with Gasteiger partial charge in [0.15, 0.2) is 5.71 Å². The first-order chi connectivity index (χ1) is 21.5. The lowest BCUT2D eigenvalue weighted by Gasteiger charge is -2.27. The predicted octanol–water partition coefficient (Wildman–Crippen LogP) is 8.09. The molecule has 2 aliphatic heterocycles. The van der Waals surface area contributed by atoms with E-state index in [9.17, 15) is 12.9 Å². The zero-order valence-corrected chi connectivity index (χ0v) is 27.9. The lowest BCUT2D eigenvalue weighted by Crippen LogP contribution is -3.00. The van der Waals surface area contributed by atoms with Crippen molar-refractivity contribution >= 4 is 46.2 Å². The minimum atomic E-state index is -3.67. The van der Waals surface area contributed by atoms with Gasteiger partial charge in [-0.15, -0.1) is 0 Å². The second kappa shape index (κ2) is 14.3. The Balaban J connectivity index is 0.000000909. The summed E-state index contributed by atoms with van der Waals surface area (Å²) in [6, 6.07) is 27.1. The molecule has 0 unspecified atom stereocenters. The van der Waals surface area contributed by atoms with Crippen molar-refractivity contribution in [3.05, 3.63) is 108 Å². The van der Waals surface area contributed by atoms with E-state index in [1.807, 2.05) is 0 Å². The zero-order valence-electron chi connectivity index (χ0n) is 27.9. The summed E-state index contributed by atoms with van der Waals surface area (Å²) in [7, 11) is -3.67. The quantitative estimate of drug-likeness (QED) is 0.109. The number of unbranched alkanes of at least 4 members (excludes halogenated alkanes) is 2. The van der Waals surface area contributed by atoms with Gasteiger partial charge in [-0.05, 0) is 65.6 Å². The van der Waals surface area contributed by atoms with Crippen LogP contribution in [0.5, 0.6) is 0 Å². The zero-order chi connectivity index (χ0) is 32.4. The molecule has 2 heterocycles. The van der Waals surface area contributed by atoms with Crippen LogP contribution in [0.25, 0.3) is 21.5 Å². The summed E-state index contributed by atoms with van der Waals surface area (Å²) in [5.41, 5.74) is 8.31.